The summed E-state index contributed by atoms with van der Waals surface area (Å²) in [6.45, 7) is 2.18. The van der Waals surface area contributed by atoms with Gasteiger partial charge in [0, 0.05) is 12.6 Å². The fourth-order valence-electron chi connectivity index (χ4n) is 1.27. The van der Waals surface area contributed by atoms with E-state index in [9.17, 15) is 20.0 Å². The molecule has 0 aromatic carbocycles. The summed E-state index contributed by atoms with van der Waals surface area (Å²) < 4.78 is 0. The first kappa shape index (κ1) is 13.2. The molecule has 0 saturated heterocycles. The van der Waals surface area contributed by atoms with Gasteiger partial charge in [-0.1, -0.05) is 6.92 Å². The van der Waals surface area contributed by atoms with Crippen LogP contribution in [0.1, 0.15) is 30.3 Å². The van der Waals surface area contributed by atoms with Crippen molar-refractivity contribution in [3.8, 4) is 0 Å². The Hall–Kier alpha value is -1.89. The van der Waals surface area contributed by atoms with Gasteiger partial charge in [-0.15, -0.1) is 0 Å². The maximum absolute atomic E-state index is 11.5. The molecule has 1 aromatic heterocycles. The maximum atomic E-state index is 11.5. The minimum Gasteiger partial charge on any atom is -0.393 e. The van der Waals surface area contributed by atoms with Crippen molar-refractivity contribution in [2.75, 3.05) is 6.54 Å². The number of aliphatic hydroxyl groups is 1. The van der Waals surface area contributed by atoms with E-state index in [0.717, 1.165) is 0 Å². The number of aliphatic hydroxyl groups excluding tert-OH is 1. The van der Waals surface area contributed by atoms with Gasteiger partial charge in [-0.2, -0.15) is 0 Å². The number of hydrogen-bond acceptors (Lipinski definition) is 4. The number of H-pyrrole nitrogens is 1. The Kier molecular flexibility index (Phi) is 4.65. The minimum absolute atomic E-state index is 0.141. The van der Waals surface area contributed by atoms with Crippen LogP contribution in [-0.2, 0) is 0 Å². The molecule has 0 aliphatic rings. The van der Waals surface area contributed by atoms with Crippen LogP contribution in [0.5, 0.6) is 0 Å². The van der Waals surface area contributed by atoms with Crippen molar-refractivity contribution < 1.29 is 14.8 Å². The third-order valence-corrected chi connectivity index (χ3v) is 2.35. The first-order valence-corrected chi connectivity index (χ1v) is 5.34. The van der Waals surface area contributed by atoms with Crippen LogP contribution in [-0.4, -0.2) is 33.6 Å². The van der Waals surface area contributed by atoms with Crippen LogP contribution in [0.3, 0.4) is 0 Å². The van der Waals surface area contributed by atoms with Crippen molar-refractivity contribution in [2.45, 2.75) is 25.9 Å². The van der Waals surface area contributed by atoms with Crippen LogP contribution in [0.15, 0.2) is 12.1 Å². The lowest BCUT2D eigenvalue weighted by atomic mass is 10.2. The third kappa shape index (κ3) is 3.87. The molecule has 0 saturated carbocycles. The Morgan fingerprint density at radius 1 is 1.65 bits per heavy atom. The average Bonchev–Trinajstić information content (AvgIpc) is 2.78. The molecule has 7 heteroatoms. The zero-order valence-corrected chi connectivity index (χ0v) is 9.47. The molecule has 0 radical (unpaired) electrons. The number of amides is 1. The quantitative estimate of drug-likeness (QED) is 0.506. The molecule has 7 nitrogen and oxygen atoms in total. The standard InChI is InChI=1S/C10H15N3O4/c1-2-7(14)5-6-11-10(15)8-3-4-9(12-8)13(16)17/h3-4,7,12,14H,2,5-6H2,1H3,(H,11,15). The van der Waals surface area contributed by atoms with E-state index in [1.807, 2.05) is 6.92 Å². The number of carbonyl (C=O) groups excluding carboxylic acids is 1. The van der Waals surface area contributed by atoms with Crippen LogP contribution in [0, 0.1) is 10.1 Å². The van der Waals surface area contributed by atoms with Crippen LogP contribution in [0.4, 0.5) is 5.82 Å². The van der Waals surface area contributed by atoms with Crippen LogP contribution in [0.25, 0.3) is 0 Å². The highest BCUT2D eigenvalue weighted by atomic mass is 16.6. The van der Waals surface area contributed by atoms with Crippen molar-refractivity contribution in [3.63, 3.8) is 0 Å². The molecule has 0 aliphatic carbocycles. The molecule has 1 atom stereocenters. The van der Waals surface area contributed by atoms with E-state index in [1.54, 1.807) is 0 Å². The summed E-state index contributed by atoms with van der Waals surface area (Å²) in [7, 11) is 0. The second-order valence-electron chi connectivity index (χ2n) is 3.62. The molecule has 0 fully saturated rings. The van der Waals surface area contributed by atoms with Gasteiger partial charge in [0.1, 0.15) is 0 Å². The average molecular weight is 241 g/mol. The van der Waals surface area contributed by atoms with Gasteiger partial charge in [0.2, 0.25) is 0 Å². The molecule has 1 heterocycles. The fraction of sp³-hybridized carbons (Fsp3) is 0.500. The summed E-state index contributed by atoms with van der Waals surface area (Å²) in [6, 6.07) is 2.58. The molecular weight excluding hydrogens is 226 g/mol. The number of aromatic nitrogens is 1. The van der Waals surface area contributed by atoms with Gasteiger partial charge in [0.15, 0.2) is 5.69 Å². The number of rotatable bonds is 6. The molecule has 1 amide bonds. The molecule has 3 N–H and O–H groups in total. The number of nitro groups is 1. The summed E-state index contributed by atoms with van der Waals surface area (Å²) in [5.74, 6) is -0.634. The lowest BCUT2D eigenvalue weighted by molar-refractivity contribution is -0.389. The monoisotopic (exact) mass is 241 g/mol. The van der Waals surface area contributed by atoms with E-state index >= 15 is 0 Å². The zero-order valence-electron chi connectivity index (χ0n) is 9.47. The number of carbonyl (C=O) groups is 1. The maximum Gasteiger partial charge on any atom is 0.321 e. The van der Waals surface area contributed by atoms with Gasteiger partial charge in [-0.25, -0.2) is 4.98 Å². The van der Waals surface area contributed by atoms with E-state index in [4.69, 9.17) is 0 Å². The molecule has 0 aliphatic heterocycles. The zero-order chi connectivity index (χ0) is 12.8. The van der Waals surface area contributed by atoms with Gasteiger partial charge in [0.25, 0.3) is 5.91 Å². The molecule has 0 bridgehead atoms. The van der Waals surface area contributed by atoms with E-state index < -0.39 is 16.9 Å². The Balaban J connectivity index is 2.44. The summed E-state index contributed by atoms with van der Waals surface area (Å²) in [5, 5.41) is 22.2. The predicted molar refractivity (Wildman–Crippen MR) is 60.7 cm³/mol. The summed E-state index contributed by atoms with van der Waals surface area (Å²) in [5.41, 5.74) is 0.141. The van der Waals surface area contributed by atoms with Gasteiger partial charge >= 0.3 is 5.82 Å². The minimum atomic E-state index is -0.600. The lowest BCUT2D eigenvalue weighted by Gasteiger charge is -2.07. The largest absolute Gasteiger partial charge is 0.393 e. The number of aromatic amines is 1. The van der Waals surface area contributed by atoms with Crippen LogP contribution >= 0.6 is 0 Å². The van der Waals surface area contributed by atoms with Crippen molar-refractivity contribution in [3.05, 3.63) is 27.9 Å². The first-order valence-electron chi connectivity index (χ1n) is 5.34. The summed E-state index contributed by atoms with van der Waals surface area (Å²) in [6.07, 6.45) is 0.655. The van der Waals surface area contributed by atoms with Crippen molar-refractivity contribution in [2.24, 2.45) is 0 Å². The van der Waals surface area contributed by atoms with E-state index in [-0.39, 0.29) is 11.5 Å². The van der Waals surface area contributed by atoms with Gasteiger partial charge < -0.3 is 20.5 Å². The van der Waals surface area contributed by atoms with Crippen molar-refractivity contribution in [1.82, 2.24) is 10.3 Å². The Labute approximate surface area is 98.0 Å². The van der Waals surface area contributed by atoms with E-state index in [2.05, 4.69) is 10.3 Å². The van der Waals surface area contributed by atoms with Crippen LogP contribution in [0.2, 0.25) is 0 Å². The normalized spacial score (nSPS) is 12.1. The highest BCUT2D eigenvalue weighted by molar-refractivity contribution is 5.92. The highest BCUT2D eigenvalue weighted by Gasteiger charge is 2.14. The molecular formula is C10H15N3O4. The molecule has 0 spiro atoms. The van der Waals surface area contributed by atoms with Gasteiger partial charge in [-0.05, 0) is 23.8 Å². The van der Waals surface area contributed by atoms with E-state index in [0.29, 0.717) is 19.4 Å². The Morgan fingerprint density at radius 2 is 2.35 bits per heavy atom. The van der Waals surface area contributed by atoms with Gasteiger partial charge in [0.05, 0.1) is 6.10 Å². The highest BCUT2D eigenvalue weighted by Crippen LogP contribution is 2.09. The van der Waals surface area contributed by atoms with Gasteiger partial charge in [-0.3, -0.25) is 4.79 Å². The SMILES string of the molecule is CCC(O)CCNC(=O)c1ccc([N+](=O)[O-])[nH]1. The second-order valence-corrected chi connectivity index (χ2v) is 3.62. The summed E-state index contributed by atoms with van der Waals surface area (Å²) >= 11 is 0. The lowest BCUT2D eigenvalue weighted by Crippen LogP contribution is -2.27. The molecule has 17 heavy (non-hydrogen) atoms. The number of hydrogen-bond donors (Lipinski definition) is 3. The molecule has 1 rings (SSSR count). The third-order valence-electron chi connectivity index (χ3n) is 2.35. The fourth-order valence-corrected chi connectivity index (χ4v) is 1.27. The second kappa shape index (κ2) is 6.00. The van der Waals surface area contributed by atoms with Crippen molar-refractivity contribution in [1.29, 1.82) is 0 Å². The molecule has 1 aromatic rings. The topological polar surface area (TPSA) is 108 Å². The predicted octanol–water partition coefficient (Wildman–Crippen LogP) is 0.814. The smallest absolute Gasteiger partial charge is 0.321 e. The molecule has 94 valence electrons. The summed E-state index contributed by atoms with van der Waals surface area (Å²) in [4.78, 5) is 23.7. The van der Waals surface area contributed by atoms with Crippen LogP contribution < -0.4 is 5.32 Å². The van der Waals surface area contributed by atoms with Crippen molar-refractivity contribution >= 4 is 11.7 Å². The molecule has 1 unspecified atom stereocenters. The Bertz CT molecular complexity index is 402. The first-order chi connectivity index (χ1) is 8.04. The Morgan fingerprint density at radius 3 is 2.88 bits per heavy atom. The van der Waals surface area contributed by atoms with E-state index in [1.165, 1.54) is 12.1 Å². The number of nitrogens with one attached hydrogen (secondary N) is 2. The number of nitrogens with zero attached hydrogens (tertiary/aromatic N) is 1.